The van der Waals surface area contributed by atoms with Crippen LogP contribution in [0.1, 0.15) is 45.5 Å². The highest BCUT2D eigenvalue weighted by Crippen LogP contribution is 2.25. The lowest BCUT2D eigenvalue weighted by Gasteiger charge is -2.27. The Morgan fingerprint density at radius 3 is 2.62 bits per heavy atom. The average Bonchev–Trinajstić information content (AvgIpc) is 2.78. The third-order valence-corrected chi connectivity index (χ3v) is 3.90. The number of rotatable bonds is 7. The van der Waals surface area contributed by atoms with E-state index < -0.39 is 0 Å². The van der Waals surface area contributed by atoms with Gasteiger partial charge in [0.05, 0.1) is 23.7 Å². The number of fused-ring (bicyclic) bond motifs is 1. The molecule has 2 unspecified atom stereocenters. The fourth-order valence-corrected chi connectivity index (χ4v) is 2.97. The Kier molecular flexibility index (Phi) is 5.37. The lowest BCUT2D eigenvalue weighted by Crippen LogP contribution is -2.36. The summed E-state index contributed by atoms with van der Waals surface area (Å²) in [6.45, 7) is 6.51. The second-order valence-corrected chi connectivity index (χ2v) is 6.18. The van der Waals surface area contributed by atoms with Crippen molar-refractivity contribution >= 4 is 11.0 Å². The molecule has 1 aromatic carbocycles. The number of hydrogen-bond donors (Lipinski definition) is 2. The molecule has 1 aromatic heterocycles. The van der Waals surface area contributed by atoms with Crippen molar-refractivity contribution in [2.24, 2.45) is 11.7 Å². The van der Waals surface area contributed by atoms with Crippen LogP contribution < -0.4 is 5.73 Å². The molecule has 0 fully saturated rings. The van der Waals surface area contributed by atoms with E-state index in [-0.39, 0.29) is 18.7 Å². The molecule has 2 aromatic rings. The maximum Gasteiger partial charge on any atom is 0.110 e. The van der Waals surface area contributed by atoms with Crippen molar-refractivity contribution in [3.63, 3.8) is 0 Å². The number of hydrogen-bond acceptors (Lipinski definition) is 3. The molecule has 2 atom stereocenters. The molecule has 0 aliphatic heterocycles. The number of nitrogens with zero attached hydrogens (tertiary/aromatic N) is 2. The van der Waals surface area contributed by atoms with Crippen molar-refractivity contribution < 1.29 is 5.11 Å². The third kappa shape index (κ3) is 3.44. The van der Waals surface area contributed by atoms with Crippen LogP contribution in [0.5, 0.6) is 0 Å². The minimum absolute atomic E-state index is 0.0466. The van der Waals surface area contributed by atoms with E-state index in [4.69, 9.17) is 10.7 Å². The summed E-state index contributed by atoms with van der Waals surface area (Å²) in [5.74, 6) is 1.54. The molecular formula is C17H27N3O. The summed E-state index contributed by atoms with van der Waals surface area (Å²) < 4.78 is 2.16. The summed E-state index contributed by atoms with van der Waals surface area (Å²) in [7, 11) is 0. The first-order chi connectivity index (χ1) is 10.1. The molecule has 0 aliphatic rings. The van der Waals surface area contributed by atoms with E-state index in [0.29, 0.717) is 5.92 Å². The van der Waals surface area contributed by atoms with Gasteiger partial charge in [-0.25, -0.2) is 4.98 Å². The smallest absolute Gasteiger partial charge is 0.110 e. The van der Waals surface area contributed by atoms with Crippen LogP contribution in [-0.4, -0.2) is 27.3 Å². The maximum absolute atomic E-state index is 9.90. The van der Waals surface area contributed by atoms with E-state index in [1.54, 1.807) is 0 Å². The summed E-state index contributed by atoms with van der Waals surface area (Å²) in [4.78, 5) is 4.73. The van der Waals surface area contributed by atoms with Crippen molar-refractivity contribution in [1.29, 1.82) is 0 Å². The van der Waals surface area contributed by atoms with Crippen LogP contribution in [0.15, 0.2) is 24.3 Å². The molecule has 3 N–H and O–H groups in total. The summed E-state index contributed by atoms with van der Waals surface area (Å²) in [5.41, 5.74) is 8.42. The quantitative estimate of drug-likeness (QED) is 0.823. The highest BCUT2D eigenvalue weighted by molar-refractivity contribution is 5.76. The minimum atomic E-state index is -0.110. The minimum Gasteiger partial charge on any atom is -0.394 e. The molecule has 4 heteroatoms. The average molecular weight is 289 g/mol. The van der Waals surface area contributed by atoms with Crippen molar-refractivity contribution in [3.8, 4) is 0 Å². The zero-order valence-corrected chi connectivity index (χ0v) is 13.3. The summed E-state index contributed by atoms with van der Waals surface area (Å²) in [6, 6.07) is 7.92. The molecule has 4 nitrogen and oxygen atoms in total. The van der Waals surface area contributed by atoms with Crippen LogP contribution in [0.3, 0.4) is 0 Å². The molecule has 0 radical (unpaired) electrons. The van der Waals surface area contributed by atoms with Crippen LogP contribution >= 0.6 is 0 Å². The molecule has 0 saturated carbocycles. The number of benzene rings is 1. The monoisotopic (exact) mass is 289 g/mol. The molecule has 21 heavy (non-hydrogen) atoms. The fourth-order valence-electron chi connectivity index (χ4n) is 2.97. The van der Waals surface area contributed by atoms with Gasteiger partial charge in [0.25, 0.3) is 0 Å². The predicted octanol–water partition coefficient (Wildman–Crippen LogP) is 2.90. The van der Waals surface area contributed by atoms with Gasteiger partial charge >= 0.3 is 0 Å². The molecule has 2 rings (SSSR count). The lowest BCUT2D eigenvalue weighted by molar-refractivity contribution is 0.197. The molecule has 1 heterocycles. The first-order valence-electron chi connectivity index (χ1n) is 7.90. The highest BCUT2D eigenvalue weighted by Gasteiger charge is 2.24. The van der Waals surface area contributed by atoms with E-state index in [1.807, 2.05) is 18.2 Å². The summed E-state index contributed by atoms with van der Waals surface area (Å²) >= 11 is 0. The molecular weight excluding hydrogens is 262 g/mol. The van der Waals surface area contributed by atoms with Crippen molar-refractivity contribution in [1.82, 2.24) is 9.55 Å². The van der Waals surface area contributed by atoms with E-state index in [2.05, 4.69) is 31.4 Å². The Morgan fingerprint density at radius 2 is 2.00 bits per heavy atom. The second kappa shape index (κ2) is 7.05. The molecule has 0 bridgehead atoms. The normalized spacial score (nSPS) is 14.8. The van der Waals surface area contributed by atoms with E-state index in [0.717, 1.165) is 36.1 Å². The van der Waals surface area contributed by atoms with Crippen LogP contribution in [-0.2, 0) is 6.42 Å². The number of imidazole rings is 1. The number of nitrogens with two attached hydrogens (primary N) is 1. The summed E-state index contributed by atoms with van der Waals surface area (Å²) in [6.07, 6.45) is 2.82. The van der Waals surface area contributed by atoms with Gasteiger partial charge in [-0.2, -0.15) is 0 Å². The Hall–Kier alpha value is -1.39. The Balaban J connectivity index is 2.47. The molecule has 0 saturated heterocycles. The van der Waals surface area contributed by atoms with Crippen molar-refractivity contribution in [3.05, 3.63) is 30.1 Å². The van der Waals surface area contributed by atoms with Gasteiger partial charge in [-0.1, -0.05) is 32.9 Å². The largest absolute Gasteiger partial charge is 0.394 e. The topological polar surface area (TPSA) is 64.1 Å². The van der Waals surface area contributed by atoms with Gasteiger partial charge in [0, 0.05) is 12.5 Å². The zero-order chi connectivity index (χ0) is 15.4. The summed E-state index contributed by atoms with van der Waals surface area (Å²) in [5, 5.41) is 9.90. The number of para-hydroxylation sites is 2. The number of aryl methyl sites for hydroxylation is 1. The number of aromatic nitrogens is 2. The standard InChI is InChI=1S/C17H27N3O/c1-4-7-17-19-14-8-5-6-9-15(14)20(17)16(11-21)13(18)10-12(2)3/h5-6,8-9,12-13,16,21H,4,7,10-11,18H2,1-3H3. The Morgan fingerprint density at radius 1 is 1.29 bits per heavy atom. The molecule has 0 amide bonds. The first kappa shape index (κ1) is 16.0. The van der Waals surface area contributed by atoms with E-state index in [1.165, 1.54) is 0 Å². The first-order valence-corrected chi connectivity index (χ1v) is 7.90. The van der Waals surface area contributed by atoms with Crippen LogP contribution in [0, 0.1) is 5.92 Å². The van der Waals surface area contributed by atoms with Crippen molar-refractivity contribution in [2.45, 2.75) is 52.1 Å². The van der Waals surface area contributed by atoms with E-state index >= 15 is 0 Å². The van der Waals surface area contributed by atoms with Crippen LogP contribution in [0.4, 0.5) is 0 Å². The Bertz CT molecular complexity index is 576. The van der Waals surface area contributed by atoms with Gasteiger partial charge in [-0.3, -0.25) is 0 Å². The SMILES string of the molecule is CCCc1nc2ccccc2n1C(CO)C(N)CC(C)C. The molecule has 116 valence electrons. The third-order valence-electron chi connectivity index (χ3n) is 3.90. The number of aliphatic hydroxyl groups is 1. The maximum atomic E-state index is 9.90. The zero-order valence-electron chi connectivity index (χ0n) is 13.3. The van der Waals surface area contributed by atoms with Gasteiger partial charge in [0.15, 0.2) is 0 Å². The molecule has 0 spiro atoms. The van der Waals surface area contributed by atoms with Gasteiger partial charge in [-0.15, -0.1) is 0 Å². The highest BCUT2D eigenvalue weighted by atomic mass is 16.3. The van der Waals surface area contributed by atoms with Gasteiger partial charge in [0.2, 0.25) is 0 Å². The number of aliphatic hydroxyl groups excluding tert-OH is 1. The van der Waals surface area contributed by atoms with Gasteiger partial charge < -0.3 is 15.4 Å². The van der Waals surface area contributed by atoms with Crippen molar-refractivity contribution in [2.75, 3.05) is 6.61 Å². The predicted molar refractivity (Wildman–Crippen MR) is 87.3 cm³/mol. The second-order valence-electron chi connectivity index (χ2n) is 6.18. The lowest BCUT2D eigenvalue weighted by atomic mass is 9.98. The van der Waals surface area contributed by atoms with Gasteiger partial charge in [0.1, 0.15) is 5.82 Å². The fraction of sp³-hybridized carbons (Fsp3) is 0.588. The van der Waals surface area contributed by atoms with Gasteiger partial charge in [-0.05, 0) is 30.9 Å². The van der Waals surface area contributed by atoms with Crippen LogP contribution in [0.2, 0.25) is 0 Å². The van der Waals surface area contributed by atoms with Crippen LogP contribution in [0.25, 0.3) is 11.0 Å². The molecule has 0 aliphatic carbocycles. The van der Waals surface area contributed by atoms with E-state index in [9.17, 15) is 5.11 Å². The Labute approximate surface area is 127 Å².